The number of sulfone groups is 1. The van der Waals surface area contributed by atoms with Crippen LogP contribution in [-0.4, -0.2) is 81.5 Å². The van der Waals surface area contributed by atoms with Crippen LogP contribution in [0.3, 0.4) is 0 Å². The van der Waals surface area contributed by atoms with Crippen molar-refractivity contribution in [1.29, 1.82) is 0 Å². The van der Waals surface area contributed by atoms with Crippen LogP contribution in [0, 0.1) is 5.41 Å². The Morgan fingerprint density at radius 3 is 2.48 bits per heavy atom. The van der Waals surface area contributed by atoms with E-state index >= 15 is 0 Å². The lowest BCUT2D eigenvalue weighted by Gasteiger charge is -2.33. The van der Waals surface area contributed by atoms with E-state index in [-0.39, 0.29) is 0 Å². The first-order valence-corrected chi connectivity index (χ1v) is 11.8. The van der Waals surface area contributed by atoms with Crippen LogP contribution in [0.2, 0.25) is 0 Å². The predicted octanol–water partition coefficient (Wildman–Crippen LogP) is 1.34. The van der Waals surface area contributed by atoms with Crippen LogP contribution in [0.4, 0.5) is 0 Å². The number of nitrogens with zero attached hydrogens (tertiary/aromatic N) is 3. The second-order valence-corrected chi connectivity index (χ2v) is 10.3. The minimum atomic E-state index is -2.79. The number of hydrogen-bond acceptors (Lipinski definition) is 4. The van der Waals surface area contributed by atoms with Crippen molar-refractivity contribution in [1.82, 2.24) is 15.1 Å². The summed E-state index contributed by atoms with van der Waals surface area (Å²) in [6.45, 7) is 8.19. The Kier molecular flexibility index (Phi) is 6.25. The SMILES string of the molecule is CCNC(=NCCN1CCS(=O)(=O)CC1)N1CCC2(CCCCC2)C1. The summed E-state index contributed by atoms with van der Waals surface area (Å²) in [5.41, 5.74) is 0.537. The molecule has 1 spiro atoms. The van der Waals surface area contributed by atoms with Crippen LogP contribution in [0.5, 0.6) is 0 Å². The van der Waals surface area contributed by atoms with Crippen molar-refractivity contribution < 1.29 is 8.42 Å². The van der Waals surface area contributed by atoms with Gasteiger partial charge in [0.25, 0.3) is 0 Å². The molecule has 2 saturated heterocycles. The maximum atomic E-state index is 11.5. The molecule has 3 fully saturated rings. The summed E-state index contributed by atoms with van der Waals surface area (Å²) < 4.78 is 23.0. The highest BCUT2D eigenvalue weighted by Crippen LogP contribution is 2.43. The molecule has 2 heterocycles. The quantitative estimate of drug-likeness (QED) is 0.598. The van der Waals surface area contributed by atoms with E-state index in [4.69, 9.17) is 4.99 Å². The fourth-order valence-electron chi connectivity index (χ4n) is 4.52. The van der Waals surface area contributed by atoms with Gasteiger partial charge in [0.05, 0.1) is 18.1 Å². The molecule has 0 aromatic carbocycles. The molecule has 144 valence electrons. The summed E-state index contributed by atoms with van der Waals surface area (Å²) in [6, 6.07) is 0. The minimum absolute atomic E-state index is 0.297. The van der Waals surface area contributed by atoms with Crippen molar-refractivity contribution >= 4 is 15.8 Å². The summed E-state index contributed by atoms with van der Waals surface area (Å²) in [7, 11) is -2.79. The summed E-state index contributed by atoms with van der Waals surface area (Å²) >= 11 is 0. The molecular weight excluding hydrogens is 336 g/mol. The summed E-state index contributed by atoms with van der Waals surface area (Å²) in [4.78, 5) is 9.52. The highest BCUT2D eigenvalue weighted by atomic mass is 32.2. The summed E-state index contributed by atoms with van der Waals surface area (Å²) in [5, 5.41) is 3.46. The Hall–Kier alpha value is -0.820. The molecule has 0 atom stereocenters. The zero-order valence-corrected chi connectivity index (χ0v) is 16.5. The lowest BCUT2D eigenvalue weighted by molar-refractivity contribution is 0.203. The average Bonchev–Trinajstić information content (AvgIpc) is 2.99. The van der Waals surface area contributed by atoms with E-state index in [1.807, 2.05) is 0 Å². The molecule has 25 heavy (non-hydrogen) atoms. The molecule has 3 rings (SSSR count). The Balaban J connectivity index is 1.51. The molecule has 0 aromatic heterocycles. The van der Waals surface area contributed by atoms with Gasteiger partial charge in [-0.1, -0.05) is 19.3 Å². The summed E-state index contributed by atoms with van der Waals surface area (Å²) in [6.07, 6.45) is 8.25. The van der Waals surface area contributed by atoms with Crippen molar-refractivity contribution in [2.45, 2.75) is 45.4 Å². The lowest BCUT2D eigenvalue weighted by Crippen LogP contribution is -2.43. The fourth-order valence-corrected chi connectivity index (χ4v) is 5.80. The van der Waals surface area contributed by atoms with Crippen molar-refractivity contribution in [3.05, 3.63) is 0 Å². The van der Waals surface area contributed by atoms with Gasteiger partial charge in [0.2, 0.25) is 0 Å². The lowest BCUT2D eigenvalue weighted by atomic mass is 9.73. The van der Waals surface area contributed by atoms with Gasteiger partial charge in [-0.05, 0) is 31.6 Å². The maximum absolute atomic E-state index is 11.5. The van der Waals surface area contributed by atoms with Crippen LogP contribution in [0.1, 0.15) is 45.4 Å². The molecule has 7 heteroatoms. The van der Waals surface area contributed by atoms with Gasteiger partial charge in [-0.2, -0.15) is 0 Å². The molecule has 0 radical (unpaired) electrons. The smallest absolute Gasteiger partial charge is 0.193 e. The first-order valence-electron chi connectivity index (χ1n) is 9.98. The van der Waals surface area contributed by atoms with Crippen molar-refractivity contribution in [3.63, 3.8) is 0 Å². The van der Waals surface area contributed by atoms with Gasteiger partial charge in [0, 0.05) is 39.3 Å². The van der Waals surface area contributed by atoms with E-state index in [0.717, 1.165) is 38.7 Å². The predicted molar refractivity (Wildman–Crippen MR) is 103 cm³/mol. The number of aliphatic imine (C=N–C) groups is 1. The molecule has 6 nitrogen and oxygen atoms in total. The Morgan fingerprint density at radius 1 is 1.08 bits per heavy atom. The van der Waals surface area contributed by atoms with Crippen LogP contribution >= 0.6 is 0 Å². The van der Waals surface area contributed by atoms with Crippen molar-refractivity contribution in [2.24, 2.45) is 10.4 Å². The third-order valence-corrected chi connectivity index (χ3v) is 7.71. The zero-order chi connectivity index (χ0) is 17.8. The molecule has 0 bridgehead atoms. The van der Waals surface area contributed by atoms with E-state index < -0.39 is 9.84 Å². The standard InChI is InChI=1S/C18H34N4O2S/c1-2-19-17(20-9-11-21-12-14-25(23,24)15-13-21)22-10-8-18(16-22)6-4-3-5-7-18/h2-16H2,1H3,(H,19,20). The topological polar surface area (TPSA) is 65.0 Å². The minimum Gasteiger partial charge on any atom is -0.357 e. The Morgan fingerprint density at radius 2 is 1.80 bits per heavy atom. The largest absolute Gasteiger partial charge is 0.357 e. The Bertz CT molecular complexity index is 556. The van der Waals surface area contributed by atoms with Gasteiger partial charge in [-0.25, -0.2) is 8.42 Å². The van der Waals surface area contributed by atoms with Gasteiger partial charge in [0.15, 0.2) is 15.8 Å². The highest BCUT2D eigenvalue weighted by molar-refractivity contribution is 7.91. The molecule has 2 aliphatic heterocycles. The number of nitrogens with one attached hydrogen (secondary N) is 1. The molecule has 0 amide bonds. The second kappa shape index (κ2) is 8.25. The second-order valence-electron chi connectivity index (χ2n) is 7.96. The molecule has 1 N–H and O–H groups in total. The van der Waals surface area contributed by atoms with Crippen LogP contribution in [0.25, 0.3) is 0 Å². The van der Waals surface area contributed by atoms with E-state index in [0.29, 0.717) is 30.0 Å². The van der Waals surface area contributed by atoms with Gasteiger partial charge in [-0.15, -0.1) is 0 Å². The molecule has 1 aliphatic carbocycles. The van der Waals surface area contributed by atoms with E-state index in [9.17, 15) is 8.42 Å². The number of guanidine groups is 1. The van der Waals surface area contributed by atoms with Crippen LogP contribution in [0.15, 0.2) is 4.99 Å². The normalized spacial score (nSPS) is 26.9. The van der Waals surface area contributed by atoms with Crippen LogP contribution < -0.4 is 5.32 Å². The molecule has 3 aliphatic rings. The number of rotatable bonds is 4. The van der Waals surface area contributed by atoms with E-state index in [1.165, 1.54) is 38.5 Å². The van der Waals surface area contributed by atoms with Gasteiger partial charge in [0.1, 0.15) is 0 Å². The fraction of sp³-hybridized carbons (Fsp3) is 0.944. The molecular formula is C18H34N4O2S. The van der Waals surface area contributed by atoms with Crippen molar-refractivity contribution in [3.8, 4) is 0 Å². The average molecular weight is 371 g/mol. The third kappa shape index (κ3) is 5.09. The highest BCUT2D eigenvalue weighted by Gasteiger charge is 2.39. The first kappa shape index (κ1) is 19.0. The monoisotopic (exact) mass is 370 g/mol. The van der Waals surface area contributed by atoms with E-state index in [2.05, 4.69) is 22.0 Å². The van der Waals surface area contributed by atoms with Crippen LogP contribution in [-0.2, 0) is 9.84 Å². The van der Waals surface area contributed by atoms with E-state index in [1.54, 1.807) is 0 Å². The zero-order valence-electron chi connectivity index (χ0n) is 15.7. The maximum Gasteiger partial charge on any atom is 0.193 e. The number of hydrogen-bond donors (Lipinski definition) is 1. The molecule has 0 unspecified atom stereocenters. The van der Waals surface area contributed by atoms with Gasteiger partial charge in [-0.3, -0.25) is 9.89 Å². The Labute approximate surface area is 153 Å². The third-order valence-electron chi connectivity index (χ3n) is 6.10. The molecule has 0 aromatic rings. The number of likely N-dealkylation sites (tertiary alicyclic amines) is 1. The summed E-state index contributed by atoms with van der Waals surface area (Å²) in [5.74, 6) is 1.64. The van der Waals surface area contributed by atoms with Crippen molar-refractivity contribution in [2.75, 3.05) is 57.3 Å². The van der Waals surface area contributed by atoms with Gasteiger partial charge >= 0.3 is 0 Å². The van der Waals surface area contributed by atoms with Gasteiger partial charge < -0.3 is 10.2 Å². The molecule has 1 saturated carbocycles. The first-order chi connectivity index (χ1) is 12.0.